The van der Waals surface area contributed by atoms with Gasteiger partial charge in [0.1, 0.15) is 6.54 Å². The number of hydrogen-bond donors (Lipinski definition) is 0. The molecule has 1 aliphatic heterocycles. The molecule has 0 bridgehead atoms. The molecule has 1 fully saturated rings. The van der Waals surface area contributed by atoms with Crippen LogP contribution in [0.3, 0.4) is 0 Å². The Hall–Kier alpha value is -2.28. The summed E-state index contributed by atoms with van der Waals surface area (Å²) in [4.78, 5) is 22.8. The van der Waals surface area contributed by atoms with Crippen molar-refractivity contribution in [3.05, 3.63) is 42.2 Å². The number of rotatable bonds is 4. The van der Waals surface area contributed by atoms with Gasteiger partial charge in [0.25, 0.3) is 0 Å². The fourth-order valence-electron chi connectivity index (χ4n) is 2.75. The lowest BCUT2D eigenvalue weighted by atomic mass is 10.0. The highest BCUT2D eigenvalue weighted by Crippen LogP contribution is 2.13. The van der Waals surface area contributed by atoms with Crippen LogP contribution < -0.4 is 0 Å². The van der Waals surface area contributed by atoms with Crippen molar-refractivity contribution in [2.24, 2.45) is 5.92 Å². The molecule has 0 aliphatic carbocycles. The van der Waals surface area contributed by atoms with Crippen LogP contribution >= 0.6 is 0 Å². The SMILES string of the molecule is Cc1cnn(CC(=O)N2CCOCC(Cc3cnccn3)C2)c1. The monoisotopic (exact) mass is 315 g/mol. The first-order valence-electron chi connectivity index (χ1n) is 7.80. The number of amides is 1. The van der Waals surface area contributed by atoms with Crippen LogP contribution in [-0.4, -0.2) is 56.9 Å². The fourth-order valence-corrected chi connectivity index (χ4v) is 2.75. The molecule has 1 aliphatic rings. The van der Waals surface area contributed by atoms with E-state index in [-0.39, 0.29) is 18.4 Å². The minimum atomic E-state index is 0.0720. The van der Waals surface area contributed by atoms with Crippen molar-refractivity contribution in [2.75, 3.05) is 26.3 Å². The minimum Gasteiger partial charge on any atom is -0.379 e. The second-order valence-electron chi connectivity index (χ2n) is 5.90. The zero-order valence-corrected chi connectivity index (χ0v) is 13.3. The summed E-state index contributed by atoms with van der Waals surface area (Å²) in [5, 5.41) is 4.18. The second-order valence-corrected chi connectivity index (χ2v) is 5.90. The number of aryl methyl sites for hydroxylation is 1. The van der Waals surface area contributed by atoms with Crippen molar-refractivity contribution in [3.8, 4) is 0 Å². The largest absolute Gasteiger partial charge is 0.379 e. The number of carbonyl (C=O) groups is 1. The molecule has 0 aromatic carbocycles. The summed E-state index contributed by atoms with van der Waals surface area (Å²) in [6.07, 6.45) is 9.52. The first kappa shape index (κ1) is 15.6. The van der Waals surface area contributed by atoms with Crippen LogP contribution in [0, 0.1) is 12.8 Å². The van der Waals surface area contributed by atoms with E-state index >= 15 is 0 Å². The van der Waals surface area contributed by atoms with Crippen LogP contribution in [0.1, 0.15) is 11.3 Å². The van der Waals surface area contributed by atoms with Crippen molar-refractivity contribution in [2.45, 2.75) is 19.9 Å². The van der Waals surface area contributed by atoms with Gasteiger partial charge in [0.05, 0.1) is 25.1 Å². The summed E-state index contributed by atoms with van der Waals surface area (Å²) in [6, 6.07) is 0. The Labute approximate surface area is 135 Å². The average molecular weight is 315 g/mol. The van der Waals surface area contributed by atoms with Crippen LogP contribution in [-0.2, 0) is 22.5 Å². The Kier molecular flexibility index (Phi) is 4.97. The van der Waals surface area contributed by atoms with E-state index in [9.17, 15) is 4.79 Å². The predicted molar refractivity (Wildman–Crippen MR) is 83.6 cm³/mol. The summed E-state index contributed by atoms with van der Waals surface area (Å²) in [5.74, 6) is 0.306. The Morgan fingerprint density at radius 2 is 2.30 bits per heavy atom. The maximum absolute atomic E-state index is 12.5. The summed E-state index contributed by atoms with van der Waals surface area (Å²) < 4.78 is 7.33. The molecular weight excluding hydrogens is 294 g/mol. The molecule has 3 rings (SSSR count). The van der Waals surface area contributed by atoms with Gasteiger partial charge in [-0.1, -0.05) is 0 Å². The fraction of sp³-hybridized carbons (Fsp3) is 0.500. The molecule has 122 valence electrons. The van der Waals surface area contributed by atoms with Gasteiger partial charge >= 0.3 is 0 Å². The average Bonchev–Trinajstić information content (AvgIpc) is 2.82. The highest BCUT2D eigenvalue weighted by atomic mass is 16.5. The number of hydrogen-bond acceptors (Lipinski definition) is 5. The van der Waals surface area contributed by atoms with Gasteiger partial charge in [-0.05, 0) is 18.9 Å². The van der Waals surface area contributed by atoms with Gasteiger partial charge in [0.2, 0.25) is 5.91 Å². The third kappa shape index (κ3) is 4.35. The highest BCUT2D eigenvalue weighted by molar-refractivity contribution is 5.76. The molecule has 1 atom stereocenters. The smallest absolute Gasteiger partial charge is 0.244 e. The minimum absolute atomic E-state index is 0.0720. The summed E-state index contributed by atoms with van der Waals surface area (Å²) in [6.45, 7) is 4.74. The van der Waals surface area contributed by atoms with Crippen molar-refractivity contribution in [1.82, 2.24) is 24.6 Å². The van der Waals surface area contributed by atoms with E-state index in [1.54, 1.807) is 29.5 Å². The summed E-state index contributed by atoms with van der Waals surface area (Å²) in [7, 11) is 0. The first-order valence-corrected chi connectivity index (χ1v) is 7.80. The number of carbonyl (C=O) groups excluding carboxylic acids is 1. The highest BCUT2D eigenvalue weighted by Gasteiger charge is 2.23. The molecule has 7 heteroatoms. The van der Waals surface area contributed by atoms with Gasteiger partial charge in [-0.2, -0.15) is 5.10 Å². The third-order valence-corrected chi connectivity index (χ3v) is 3.86. The molecule has 0 spiro atoms. The third-order valence-electron chi connectivity index (χ3n) is 3.86. The van der Waals surface area contributed by atoms with Gasteiger partial charge < -0.3 is 9.64 Å². The molecule has 7 nitrogen and oxygen atoms in total. The molecule has 1 saturated heterocycles. The van der Waals surface area contributed by atoms with Gasteiger partial charge in [-0.15, -0.1) is 0 Å². The van der Waals surface area contributed by atoms with Crippen molar-refractivity contribution < 1.29 is 9.53 Å². The van der Waals surface area contributed by atoms with E-state index in [1.807, 2.05) is 18.0 Å². The second kappa shape index (κ2) is 7.32. The maximum Gasteiger partial charge on any atom is 0.244 e. The first-order chi connectivity index (χ1) is 11.2. The number of ether oxygens (including phenoxy) is 1. The normalized spacial score (nSPS) is 18.7. The Morgan fingerprint density at radius 3 is 3.04 bits per heavy atom. The van der Waals surface area contributed by atoms with E-state index in [4.69, 9.17) is 4.74 Å². The van der Waals surface area contributed by atoms with E-state index in [0.29, 0.717) is 26.3 Å². The predicted octanol–water partition coefficient (Wildman–Crippen LogP) is 0.699. The molecule has 3 heterocycles. The van der Waals surface area contributed by atoms with Crippen LogP contribution in [0.5, 0.6) is 0 Å². The molecule has 0 saturated carbocycles. The van der Waals surface area contributed by atoms with Gasteiger partial charge in [0.15, 0.2) is 0 Å². The Morgan fingerprint density at radius 1 is 1.39 bits per heavy atom. The molecule has 1 unspecified atom stereocenters. The lowest BCUT2D eigenvalue weighted by Gasteiger charge is -2.23. The number of nitrogens with zero attached hydrogens (tertiary/aromatic N) is 5. The molecule has 23 heavy (non-hydrogen) atoms. The summed E-state index contributed by atoms with van der Waals surface area (Å²) >= 11 is 0. The standard InChI is InChI=1S/C16H21N5O2/c1-13-7-19-21(9-13)11-16(22)20-4-5-23-12-14(10-20)6-15-8-17-2-3-18-15/h2-3,7-9,14H,4-6,10-12H2,1H3. The Bertz CT molecular complexity index is 643. The summed E-state index contributed by atoms with van der Waals surface area (Å²) in [5.41, 5.74) is 1.98. The molecule has 1 amide bonds. The molecule has 2 aromatic rings. The van der Waals surface area contributed by atoms with Crippen LogP contribution in [0.4, 0.5) is 0 Å². The van der Waals surface area contributed by atoms with Crippen molar-refractivity contribution in [1.29, 1.82) is 0 Å². The molecule has 0 N–H and O–H groups in total. The zero-order chi connectivity index (χ0) is 16.1. The van der Waals surface area contributed by atoms with E-state index in [0.717, 1.165) is 17.7 Å². The van der Waals surface area contributed by atoms with Gasteiger partial charge in [-0.25, -0.2) is 0 Å². The van der Waals surface area contributed by atoms with Crippen LogP contribution in [0.2, 0.25) is 0 Å². The van der Waals surface area contributed by atoms with Gasteiger partial charge in [-0.3, -0.25) is 19.4 Å². The zero-order valence-electron chi connectivity index (χ0n) is 13.3. The van der Waals surface area contributed by atoms with Crippen LogP contribution in [0.25, 0.3) is 0 Å². The van der Waals surface area contributed by atoms with Crippen LogP contribution in [0.15, 0.2) is 31.0 Å². The van der Waals surface area contributed by atoms with Gasteiger partial charge in [0, 0.05) is 43.8 Å². The van der Waals surface area contributed by atoms with E-state index < -0.39 is 0 Å². The van der Waals surface area contributed by atoms with E-state index in [1.165, 1.54) is 0 Å². The van der Waals surface area contributed by atoms with E-state index in [2.05, 4.69) is 15.1 Å². The van der Waals surface area contributed by atoms with Crippen molar-refractivity contribution >= 4 is 5.91 Å². The number of aromatic nitrogens is 4. The molecule has 0 radical (unpaired) electrons. The van der Waals surface area contributed by atoms with Crippen molar-refractivity contribution in [3.63, 3.8) is 0 Å². The quantitative estimate of drug-likeness (QED) is 0.830. The maximum atomic E-state index is 12.5. The molecule has 2 aromatic heterocycles. The topological polar surface area (TPSA) is 73.1 Å². The Balaban J connectivity index is 1.61. The molecular formula is C16H21N5O2. The lowest BCUT2D eigenvalue weighted by Crippen LogP contribution is -2.38. The lowest BCUT2D eigenvalue weighted by molar-refractivity contribution is -0.132.